The highest BCUT2D eigenvalue weighted by atomic mass is 32.2. The summed E-state index contributed by atoms with van der Waals surface area (Å²) in [6, 6.07) is 2.78. The fourth-order valence-electron chi connectivity index (χ4n) is 0.901. The van der Waals surface area contributed by atoms with Gasteiger partial charge in [0.05, 0.1) is 17.3 Å². The fraction of sp³-hybridized carbons (Fsp3) is 0.333. The predicted octanol–water partition coefficient (Wildman–Crippen LogP) is 1.10. The summed E-state index contributed by atoms with van der Waals surface area (Å²) in [7, 11) is 0. The molecular formula is C9H12N2O3S. The third kappa shape index (κ3) is 4.07. The van der Waals surface area contributed by atoms with Crippen LogP contribution < -0.4 is 11.1 Å². The standard InChI is InChI=1S/C9H12N2O3S/c1-6(8(12)11-9(10)13)15-5-7-3-2-4-14-7/h2-4,6H,5H2,1H3,(H3,10,11,12,13). The minimum Gasteiger partial charge on any atom is -0.468 e. The summed E-state index contributed by atoms with van der Waals surface area (Å²) >= 11 is 1.37. The molecule has 6 heteroatoms. The molecule has 0 radical (unpaired) electrons. The second-order valence-corrected chi connectivity index (χ2v) is 4.22. The molecule has 0 aromatic carbocycles. The maximum atomic E-state index is 11.2. The lowest BCUT2D eigenvalue weighted by Gasteiger charge is -2.08. The maximum absolute atomic E-state index is 11.2. The van der Waals surface area contributed by atoms with E-state index in [2.05, 4.69) is 0 Å². The van der Waals surface area contributed by atoms with Crippen molar-refractivity contribution in [1.29, 1.82) is 0 Å². The van der Waals surface area contributed by atoms with Crippen LogP contribution in [0.4, 0.5) is 4.79 Å². The van der Waals surface area contributed by atoms with Crippen molar-refractivity contribution in [1.82, 2.24) is 5.32 Å². The topological polar surface area (TPSA) is 85.3 Å². The Labute approximate surface area is 91.4 Å². The van der Waals surface area contributed by atoms with E-state index in [-0.39, 0.29) is 11.2 Å². The zero-order chi connectivity index (χ0) is 11.3. The first-order valence-electron chi connectivity index (χ1n) is 4.34. The molecule has 0 saturated carbocycles. The van der Waals surface area contributed by atoms with Crippen LogP contribution in [0.15, 0.2) is 22.8 Å². The number of hydrogen-bond donors (Lipinski definition) is 2. The molecule has 3 N–H and O–H groups in total. The molecule has 0 aliphatic carbocycles. The molecule has 0 aliphatic heterocycles. The minimum absolute atomic E-state index is 0.345. The Morgan fingerprint density at radius 3 is 2.93 bits per heavy atom. The number of urea groups is 1. The zero-order valence-corrected chi connectivity index (χ0v) is 9.04. The van der Waals surface area contributed by atoms with E-state index < -0.39 is 6.03 Å². The summed E-state index contributed by atoms with van der Waals surface area (Å²) in [4.78, 5) is 21.7. The Balaban J connectivity index is 2.32. The Kier molecular flexibility index (Phi) is 4.23. The lowest BCUT2D eigenvalue weighted by atomic mass is 10.4. The second-order valence-electron chi connectivity index (χ2n) is 2.89. The summed E-state index contributed by atoms with van der Waals surface area (Å²) in [5, 5.41) is 1.68. The first-order valence-corrected chi connectivity index (χ1v) is 5.38. The van der Waals surface area contributed by atoms with Gasteiger partial charge in [-0.1, -0.05) is 0 Å². The molecule has 0 saturated heterocycles. The summed E-state index contributed by atoms with van der Waals surface area (Å²) in [5.41, 5.74) is 4.82. The maximum Gasteiger partial charge on any atom is 0.318 e. The summed E-state index contributed by atoms with van der Waals surface area (Å²) < 4.78 is 5.10. The van der Waals surface area contributed by atoms with Gasteiger partial charge in [0.1, 0.15) is 5.76 Å². The zero-order valence-electron chi connectivity index (χ0n) is 8.23. The molecule has 1 atom stereocenters. The first kappa shape index (κ1) is 11.6. The van der Waals surface area contributed by atoms with Crippen LogP contribution in [-0.2, 0) is 10.5 Å². The van der Waals surface area contributed by atoms with Gasteiger partial charge in [-0.2, -0.15) is 0 Å². The molecule has 1 rings (SSSR count). The monoisotopic (exact) mass is 228 g/mol. The Morgan fingerprint density at radius 1 is 1.67 bits per heavy atom. The minimum atomic E-state index is -0.828. The van der Waals surface area contributed by atoms with Crippen LogP contribution in [0, 0.1) is 0 Å². The highest BCUT2D eigenvalue weighted by Gasteiger charge is 2.15. The fourth-order valence-corrected chi connectivity index (χ4v) is 1.69. The van der Waals surface area contributed by atoms with Crippen LogP contribution in [0.3, 0.4) is 0 Å². The summed E-state index contributed by atoms with van der Waals surface area (Å²) in [6.45, 7) is 1.70. The molecule has 5 nitrogen and oxygen atoms in total. The molecule has 82 valence electrons. The quantitative estimate of drug-likeness (QED) is 0.808. The molecule has 0 aliphatic rings. The number of imide groups is 1. The van der Waals surface area contributed by atoms with Gasteiger partial charge < -0.3 is 10.2 Å². The van der Waals surface area contributed by atoms with Gasteiger partial charge in [0.2, 0.25) is 5.91 Å². The largest absolute Gasteiger partial charge is 0.468 e. The average Bonchev–Trinajstić information content (AvgIpc) is 2.65. The smallest absolute Gasteiger partial charge is 0.318 e. The molecule has 0 bridgehead atoms. The number of primary amides is 1. The van der Waals surface area contributed by atoms with Gasteiger partial charge in [-0.25, -0.2) is 4.79 Å². The number of nitrogens with two attached hydrogens (primary N) is 1. The van der Waals surface area contributed by atoms with Gasteiger partial charge in [-0.3, -0.25) is 10.1 Å². The lowest BCUT2D eigenvalue weighted by Crippen LogP contribution is -2.39. The van der Waals surface area contributed by atoms with Gasteiger partial charge in [0, 0.05) is 0 Å². The lowest BCUT2D eigenvalue weighted by molar-refractivity contribution is -0.119. The normalized spacial score (nSPS) is 12.1. The predicted molar refractivity (Wildman–Crippen MR) is 57.2 cm³/mol. The molecule has 3 amide bonds. The van der Waals surface area contributed by atoms with E-state index in [1.807, 2.05) is 11.4 Å². The van der Waals surface area contributed by atoms with Crippen molar-refractivity contribution >= 4 is 23.7 Å². The van der Waals surface area contributed by atoms with E-state index >= 15 is 0 Å². The van der Waals surface area contributed by atoms with Crippen LogP contribution in [0.2, 0.25) is 0 Å². The van der Waals surface area contributed by atoms with Crippen molar-refractivity contribution in [3.05, 3.63) is 24.2 Å². The van der Waals surface area contributed by atoms with Gasteiger partial charge in [0.25, 0.3) is 0 Å². The third-order valence-corrected chi connectivity index (χ3v) is 2.84. The number of hydrogen-bond acceptors (Lipinski definition) is 4. The number of carbonyl (C=O) groups excluding carboxylic acids is 2. The molecule has 15 heavy (non-hydrogen) atoms. The highest BCUT2D eigenvalue weighted by Crippen LogP contribution is 2.17. The van der Waals surface area contributed by atoms with Crippen molar-refractivity contribution in [2.24, 2.45) is 5.73 Å². The third-order valence-electron chi connectivity index (χ3n) is 1.67. The average molecular weight is 228 g/mol. The molecule has 0 fully saturated rings. The molecule has 1 aromatic heterocycles. The van der Waals surface area contributed by atoms with Gasteiger partial charge >= 0.3 is 6.03 Å². The van der Waals surface area contributed by atoms with E-state index in [1.54, 1.807) is 19.3 Å². The van der Waals surface area contributed by atoms with Crippen molar-refractivity contribution in [2.75, 3.05) is 0 Å². The molecular weight excluding hydrogens is 216 g/mol. The molecule has 0 spiro atoms. The number of furan rings is 1. The summed E-state index contributed by atoms with van der Waals surface area (Å²) in [5.74, 6) is 0.984. The van der Waals surface area contributed by atoms with E-state index in [0.717, 1.165) is 5.76 Å². The van der Waals surface area contributed by atoms with Crippen molar-refractivity contribution < 1.29 is 14.0 Å². The molecule has 1 heterocycles. The van der Waals surface area contributed by atoms with Crippen LogP contribution in [0.25, 0.3) is 0 Å². The highest BCUT2D eigenvalue weighted by molar-refractivity contribution is 7.99. The van der Waals surface area contributed by atoms with Gasteiger partial charge in [-0.15, -0.1) is 11.8 Å². The second kappa shape index (κ2) is 5.45. The van der Waals surface area contributed by atoms with E-state index in [9.17, 15) is 9.59 Å². The van der Waals surface area contributed by atoms with E-state index in [1.165, 1.54) is 11.8 Å². The van der Waals surface area contributed by atoms with Gasteiger partial charge in [-0.05, 0) is 19.1 Å². The van der Waals surface area contributed by atoms with Gasteiger partial charge in [0.15, 0.2) is 0 Å². The number of rotatable bonds is 4. The number of nitrogens with one attached hydrogen (secondary N) is 1. The van der Waals surface area contributed by atoms with Crippen LogP contribution in [0.1, 0.15) is 12.7 Å². The van der Waals surface area contributed by atoms with Crippen LogP contribution in [0.5, 0.6) is 0 Å². The number of amides is 3. The Hall–Kier alpha value is -1.43. The SMILES string of the molecule is CC(SCc1ccco1)C(=O)NC(N)=O. The molecule has 1 unspecified atom stereocenters. The van der Waals surface area contributed by atoms with Crippen molar-refractivity contribution in [2.45, 2.75) is 17.9 Å². The molecule has 1 aromatic rings. The summed E-state index contributed by atoms with van der Waals surface area (Å²) in [6.07, 6.45) is 1.57. The van der Waals surface area contributed by atoms with Crippen LogP contribution >= 0.6 is 11.8 Å². The van der Waals surface area contributed by atoms with Crippen LogP contribution in [-0.4, -0.2) is 17.2 Å². The first-order chi connectivity index (χ1) is 7.09. The van der Waals surface area contributed by atoms with E-state index in [0.29, 0.717) is 5.75 Å². The number of carbonyl (C=O) groups is 2. The van der Waals surface area contributed by atoms with Crippen molar-refractivity contribution in [3.8, 4) is 0 Å². The number of thioether (sulfide) groups is 1. The van der Waals surface area contributed by atoms with Crippen molar-refractivity contribution in [3.63, 3.8) is 0 Å². The van der Waals surface area contributed by atoms with E-state index in [4.69, 9.17) is 10.2 Å². The Bertz CT molecular complexity index is 337. The Morgan fingerprint density at radius 2 is 2.40 bits per heavy atom.